The van der Waals surface area contributed by atoms with Gasteiger partial charge in [0.15, 0.2) is 0 Å². The molecule has 0 saturated carbocycles. The van der Waals surface area contributed by atoms with Crippen molar-refractivity contribution in [3.63, 3.8) is 0 Å². The average molecular weight is 276 g/mol. The van der Waals surface area contributed by atoms with Crippen LogP contribution in [0.3, 0.4) is 0 Å². The second kappa shape index (κ2) is 5.36. The van der Waals surface area contributed by atoms with Crippen molar-refractivity contribution in [1.82, 2.24) is 9.97 Å². The number of furan rings is 1. The van der Waals surface area contributed by atoms with E-state index in [0.717, 1.165) is 17.2 Å². The van der Waals surface area contributed by atoms with E-state index in [2.05, 4.69) is 9.97 Å². The number of rotatable bonds is 4. The van der Waals surface area contributed by atoms with Crippen molar-refractivity contribution >= 4 is 23.2 Å². The zero-order valence-electron chi connectivity index (χ0n) is 11.2. The van der Waals surface area contributed by atoms with E-state index in [4.69, 9.17) is 22.4 Å². The third-order valence-electron chi connectivity index (χ3n) is 2.63. The van der Waals surface area contributed by atoms with Crippen LogP contribution in [0.2, 0.25) is 0 Å². The number of hydrogen-bond acceptors (Lipinski definition) is 5. The highest BCUT2D eigenvalue weighted by molar-refractivity contribution is 7.80. The van der Waals surface area contributed by atoms with Crippen LogP contribution in [0.25, 0.3) is 0 Å². The van der Waals surface area contributed by atoms with Crippen molar-refractivity contribution in [2.45, 2.75) is 20.4 Å². The summed E-state index contributed by atoms with van der Waals surface area (Å²) in [5.41, 5.74) is 7.02. The summed E-state index contributed by atoms with van der Waals surface area (Å²) in [5, 5.41) is 0. The lowest BCUT2D eigenvalue weighted by Gasteiger charge is -2.16. The van der Waals surface area contributed by atoms with Crippen LogP contribution < -0.4 is 10.6 Å². The van der Waals surface area contributed by atoms with Crippen LogP contribution in [0.1, 0.15) is 22.9 Å². The van der Waals surface area contributed by atoms with E-state index in [1.54, 1.807) is 6.07 Å². The van der Waals surface area contributed by atoms with Crippen molar-refractivity contribution in [3.8, 4) is 0 Å². The van der Waals surface area contributed by atoms with Gasteiger partial charge in [-0.2, -0.15) is 0 Å². The van der Waals surface area contributed by atoms with Crippen LogP contribution in [0.15, 0.2) is 22.6 Å². The monoisotopic (exact) mass is 276 g/mol. The molecule has 0 aliphatic carbocycles. The molecule has 100 valence electrons. The second-order valence-corrected chi connectivity index (χ2v) is 4.87. The van der Waals surface area contributed by atoms with E-state index in [-0.39, 0.29) is 4.99 Å². The minimum Gasteiger partial charge on any atom is -0.464 e. The van der Waals surface area contributed by atoms with Crippen LogP contribution in [0.4, 0.5) is 5.95 Å². The van der Waals surface area contributed by atoms with Crippen LogP contribution in [0, 0.1) is 13.8 Å². The molecule has 2 N–H and O–H groups in total. The Labute approximate surface area is 117 Å². The summed E-state index contributed by atoms with van der Waals surface area (Å²) in [4.78, 5) is 10.9. The number of nitrogens with zero attached hydrogens (tertiary/aromatic N) is 3. The topological polar surface area (TPSA) is 68.2 Å². The van der Waals surface area contributed by atoms with Gasteiger partial charge in [-0.3, -0.25) is 0 Å². The molecule has 2 aromatic rings. The Bertz CT molecular complexity index is 608. The summed E-state index contributed by atoms with van der Waals surface area (Å²) in [6.07, 6.45) is 0. The molecule has 0 aromatic carbocycles. The number of nitrogens with two attached hydrogens (primary N) is 1. The molecular formula is C13H16N4OS. The van der Waals surface area contributed by atoms with E-state index in [1.807, 2.05) is 37.9 Å². The standard InChI is InChI=1S/C13H16N4OS/c1-8-6-11(12(14)19)16-13(15-8)17(3)7-10-5-4-9(2)18-10/h4-6H,7H2,1-3H3,(H2,14,19). The number of anilines is 1. The Hall–Kier alpha value is -1.95. The molecule has 2 aromatic heterocycles. The summed E-state index contributed by atoms with van der Waals surface area (Å²) in [6.45, 7) is 4.39. The van der Waals surface area contributed by atoms with Gasteiger partial charge < -0.3 is 15.1 Å². The quantitative estimate of drug-likeness (QED) is 0.861. The highest BCUT2D eigenvalue weighted by Gasteiger charge is 2.11. The van der Waals surface area contributed by atoms with Gasteiger partial charge in [-0.15, -0.1) is 0 Å². The van der Waals surface area contributed by atoms with E-state index in [1.165, 1.54) is 0 Å². The zero-order valence-corrected chi connectivity index (χ0v) is 12.0. The lowest BCUT2D eigenvalue weighted by Crippen LogP contribution is -2.21. The van der Waals surface area contributed by atoms with Crippen LogP contribution in [-0.2, 0) is 6.54 Å². The van der Waals surface area contributed by atoms with Gasteiger partial charge in [0, 0.05) is 12.7 Å². The van der Waals surface area contributed by atoms with Gasteiger partial charge in [0.25, 0.3) is 0 Å². The number of hydrogen-bond donors (Lipinski definition) is 1. The summed E-state index contributed by atoms with van der Waals surface area (Å²) in [6, 6.07) is 5.65. The minimum absolute atomic E-state index is 0.272. The molecule has 5 nitrogen and oxygen atoms in total. The van der Waals surface area contributed by atoms with Gasteiger partial charge >= 0.3 is 0 Å². The first kappa shape index (κ1) is 13.5. The SMILES string of the molecule is Cc1cc(C(N)=S)nc(N(C)Cc2ccc(C)o2)n1. The van der Waals surface area contributed by atoms with Crippen molar-refractivity contribution < 1.29 is 4.42 Å². The van der Waals surface area contributed by atoms with Gasteiger partial charge in [-0.25, -0.2) is 9.97 Å². The Kier molecular flexibility index (Phi) is 3.80. The first-order chi connectivity index (χ1) is 8.95. The number of thiocarbonyl (C=S) groups is 1. The van der Waals surface area contributed by atoms with Crippen LogP contribution in [0.5, 0.6) is 0 Å². The van der Waals surface area contributed by atoms with E-state index in [9.17, 15) is 0 Å². The third kappa shape index (κ3) is 3.29. The maximum atomic E-state index is 5.61. The van der Waals surface area contributed by atoms with Gasteiger partial charge in [-0.1, -0.05) is 12.2 Å². The Morgan fingerprint density at radius 2 is 2.11 bits per heavy atom. The summed E-state index contributed by atoms with van der Waals surface area (Å²) in [7, 11) is 1.90. The van der Waals surface area contributed by atoms with Crippen molar-refractivity contribution in [2.24, 2.45) is 5.73 Å². The molecule has 0 amide bonds. The van der Waals surface area contributed by atoms with Crippen LogP contribution >= 0.6 is 12.2 Å². The molecule has 0 fully saturated rings. The van der Waals surface area contributed by atoms with E-state index in [0.29, 0.717) is 18.2 Å². The smallest absolute Gasteiger partial charge is 0.226 e. The normalized spacial score (nSPS) is 10.5. The molecule has 6 heteroatoms. The molecule has 0 aliphatic rings. The molecule has 0 bridgehead atoms. The second-order valence-electron chi connectivity index (χ2n) is 4.43. The summed E-state index contributed by atoms with van der Waals surface area (Å²) >= 11 is 4.95. The molecular weight excluding hydrogens is 260 g/mol. The largest absolute Gasteiger partial charge is 0.464 e. The number of aromatic nitrogens is 2. The lowest BCUT2D eigenvalue weighted by atomic mass is 10.3. The van der Waals surface area contributed by atoms with Crippen LogP contribution in [-0.4, -0.2) is 22.0 Å². The van der Waals surface area contributed by atoms with Crippen molar-refractivity contribution in [2.75, 3.05) is 11.9 Å². The Balaban J connectivity index is 2.23. The third-order valence-corrected chi connectivity index (χ3v) is 2.83. The highest BCUT2D eigenvalue weighted by Crippen LogP contribution is 2.14. The van der Waals surface area contributed by atoms with E-state index < -0.39 is 0 Å². The molecule has 0 saturated heterocycles. The molecule has 19 heavy (non-hydrogen) atoms. The molecule has 2 heterocycles. The van der Waals surface area contributed by atoms with Crippen molar-refractivity contribution in [3.05, 3.63) is 41.1 Å². The zero-order chi connectivity index (χ0) is 14.0. The number of aryl methyl sites for hydroxylation is 2. The minimum atomic E-state index is 0.272. The predicted molar refractivity (Wildman–Crippen MR) is 78.2 cm³/mol. The lowest BCUT2D eigenvalue weighted by molar-refractivity contribution is 0.480. The molecule has 0 atom stereocenters. The fourth-order valence-electron chi connectivity index (χ4n) is 1.72. The fourth-order valence-corrected chi connectivity index (χ4v) is 1.83. The molecule has 2 rings (SSSR count). The summed E-state index contributed by atoms with van der Waals surface area (Å²) < 4.78 is 5.54. The van der Waals surface area contributed by atoms with Gasteiger partial charge in [0.1, 0.15) is 22.2 Å². The summed E-state index contributed by atoms with van der Waals surface area (Å²) in [5.74, 6) is 2.33. The predicted octanol–water partition coefficient (Wildman–Crippen LogP) is 1.96. The first-order valence-electron chi connectivity index (χ1n) is 5.87. The average Bonchev–Trinajstić information content (AvgIpc) is 2.73. The molecule has 0 aliphatic heterocycles. The van der Waals surface area contributed by atoms with Gasteiger partial charge in [0.05, 0.1) is 6.54 Å². The maximum absolute atomic E-state index is 5.61. The van der Waals surface area contributed by atoms with Gasteiger partial charge in [0.2, 0.25) is 5.95 Å². The maximum Gasteiger partial charge on any atom is 0.226 e. The van der Waals surface area contributed by atoms with Crippen molar-refractivity contribution in [1.29, 1.82) is 0 Å². The van der Waals surface area contributed by atoms with E-state index >= 15 is 0 Å². The molecule has 0 radical (unpaired) electrons. The fraction of sp³-hybridized carbons (Fsp3) is 0.308. The highest BCUT2D eigenvalue weighted by atomic mass is 32.1. The first-order valence-corrected chi connectivity index (χ1v) is 6.28. The molecule has 0 spiro atoms. The Morgan fingerprint density at radius 1 is 1.37 bits per heavy atom. The van der Waals surface area contributed by atoms with Gasteiger partial charge in [-0.05, 0) is 32.0 Å². The Morgan fingerprint density at radius 3 is 2.68 bits per heavy atom. The molecule has 0 unspecified atom stereocenters.